The molecule has 1 atom stereocenters. The molecule has 0 radical (unpaired) electrons. The molecule has 4 heterocycles. The predicted octanol–water partition coefficient (Wildman–Crippen LogP) is 4.98. The zero-order valence-corrected chi connectivity index (χ0v) is 30.3. The van der Waals surface area contributed by atoms with Crippen LogP contribution in [-0.4, -0.2) is 95.2 Å². The van der Waals surface area contributed by atoms with E-state index in [9.17, 15) is 36.7 Å². The number of hydrogen-bond donors (Lipinski definition) is 2. The van der Waals surface area contributed by atoms with E-state index in [4.69, 9.17) is 0 Å². The zero-order chi connectivity index (χ0) is 38.9. The fourth-order valence-electron chi connectivity index (χ4n) is 7.74. The van der Waals surface area contributed by atoms with Crippen molar-refractivity contribution in [2.75, 3.05) is 51.1 Å². The quantitative estimate of drug-likeness (QED) is 0.181. The predicted molar refractivity (Wildman–Crippen MR) is 198 cm³/mol. The molecule has 4 aromatic rings. The van der Waals surface area contributed by atoms with E-state index >= 15 is 0 Å². The molecular formula is C40H42F4N6O5. The molecule has 0 spiro atoms. The largest absolute Gasteiger partial charge is 0.573 e. The summed E-state index contributed by atoms with van der Waals surface area (Å²) in [6.45, 7) is 3.88. The molecular weight excluding hydrogens is 720 g/mol. The second kappa shape index (κ2) is 15.8. The molecule has 3 aliphatic heterocycles. The van der Waals surface area contributed by atoms with Crippen molar-refractivity contribution in [3.05, 3.63) is 94.2 Å². The molecule has 2 N–H and O–H groups in total. The Hall–Kier alpha value is -5.28. The maximum atomic E-state index is 14.0. The van der Waals surface area contributed by atoms with Gasteiger partial charge in [0.05, 0.1) is 11.9 Å². The first kappa shape index (κ1) is 38.0. The fourth-order valence-corrected chi connectivity index (χ4v) is 7.74. The van der Waals surface area contributed by atoms with Crippen LogP contribution in [0, 0.1) is 5.82 Å². The third kappa shape index (κ3) is 9.00. The van der Waals surface area contributed by atoms with Crippen molar-refractivity contribution in [2.24, 2.45) is 7.05 Å². The second-order valence-electron chi connectivity index (χ2n) is 14.5. The lowest BCUT2D eigenvalue weighted by molar-refractivity contribution is -0.275. The Morgan fingerprint density at radius 2 is 1.60 bits per heavy atom. The van der Waals surface area contributed by atoms with Gasteiger partial charge in [0.15, 0.2) is 0 Å². The summed E-state index contributed by atoms with van der Waals surface area (Å²) in [4.78, 5) is 55.4. The number of nitrogens with one attached hydrogen (secondary N) is 2. The van der Waals surface area contributed by atoms with Crippen LogP contribution in [0.3, 0.4) is 0 Å². The monoisotopic (exact) mass is 762 g/mol. The summed E-state index contributed by atoms with van der Waals surface area (Å²) in [5.74, 6) is -1.14. The van der Waals surface area contributed by atoms with Crippen LogP contribution < -0.4 is 20.9 Å². The number of anilines is 1. The number of pyridine rings is 1. The lowest BCUT2D eigenvalue weighted by atomic mass is 9.89. The van der Waals surface area contributed by atoms with Crippen LogP contribution in [-0.2, 0) is 28.0 Å². The summed E-state index contributed by atoms with van der Waals surface area (Å²) >= 11 is 0. The van der Waals surface area contributed by atoms with Gasteiger partial charge in [0.25, 0.3) is 5.56 Å². The molecule has 3 aliphatic rings. The number of imide groups is 1. The van der Waals surface area contributed by atoms with Gasteiger partial charge in [-0.05, 0) is 85.1 Å². The van der Waals surface area contributed by atoms with Gasteiger partial charge in [0.1, 0.15) is 17.6 Å². The van der Waals surface area contributed by atoms with Crippen LogP contribution in [0.1, 0.15) is 42.7 Å². The highest BCUT2D eigenvalue weighted by atomic mass is 19.4. The van der Waals surface area contributed by atoms with Crippen molar-refractivity contribution in [2.45, 2.75) is 50.6 Å². The number of likely N-dealkylation sites (tertiary alicyclic amines) is 1. The van der Waals surface area contributed by atoms with E-state index in [1.165, 1.54) is 41.6 Å². The van der Waals surface area contributed by atoms with Crippen molar-refractivity contribution in [3.63, 3.8) is 0 Å². The van der Waals surface area contributed by atoms with Crippen LogP contribution in [0.5, 0.6) is 5.75 Å². The lowest BCUT2D eigenvalue weighted by Crippen LogP contribution is -2.51. The number of fused-ring (bicyclic) bond motifs is 1. The average Bonchev–Trinajstić information content (AvgIpc) is 3.15. The molecule has 3 fully saturated rings. The van der Waals surface area contributed by atoms with Crippen LogP contribution in [0.25, 0.3) is 21.9 Å². The molecule has 290 valence electrons. The maximum absolute atomic E-state index is 14.0. The Morgan fingerprint density at radius 1 is 0.873 bits per heavy atom. The molecule has 55 heavy (non-hydrogen) atoms. The number of nitrogens with zero attached hydrogens (tertiary/aromatic N) is 4. The molecule has 15 heteroatoms. The Balaban J connectivity index is 0.916. The number of piperazine rings is 1. The molecule has 1 unspecified atom stereocenters. The number of benzene rings is 3. The first-order valence-electron chi connectivity index (χ1n) is 18.4. The Bertz CT molecular complexity index is 2140. The summed E-state index contributed by atoms with van der Waals surface area (Å²) in [6, 6.07) is 15.9. The van der Waals surface area contributed by atoms with Gasteiger partial charge in [-0.25, -0.2) is 4.39 Å². The summed E-state index contributed by atoms with van der Waals surface area (Å²) < 4.78 is 60.6. The third-order valence-electron chi connectivity index (χ3n) is 10.8. The van der Waals surface area contributed by atoms with Crippen molar-refractivity contribution >= 4 is 34.2 Å². The van der Waals surface area contributed by atoms with Gasteiger partial charge in [0.2, 0.25) is 17.7 Å². The van der Waals surface area contributed by atoms with E-state index in [1.807, 2.05) is 17.0 Å². The number of rotatable bonds is 9. The zero-order valence-electron chi connectivity index (χ0n) is 30.3. The van der Waals surface area contributed by atoms with Gasteiger partial charge in [0, 0.05) is 69.2 Å². The molecule has 0 bridgehead atoms. The van der Waals surface area contributed by atoms with Gasteiger partial charge in [-0.2, -0.15) is 0 Å². The van der Waals surface area contributed by atoms with Crippen molar-refractivity contribution in [1.29, 1.82) is 0 Å². The molecule has 0 saturated carbocycles. The summed E-state index contributed by atoms with van der Waals surface area (Å²) in [6.07, 6.45) is -0.853. The number of carbonyl (C=O) groups is 3. The third-order valence-corrected chi connectivity index (χ3v) is 10.8. The van der Waals surface area contributed by atoms with Crippen LogP contribution in [0.4, 0.5) is 23.2 Å². The SMILES string of the molecule is Cn1cc(-c2ccc(CN3CCN(C(=O)CN4CCC(c5ccc(NC6CCC(=O)NC6=O)cc5)CC4)CC3)c(OC(F)(F)F)c2)c2ccc(F)cc2c1=O. The molecule has 7 rings (SSSR count). The number of piperidine rings is 2. The minimum atomic E-state index is -4.94. The average molecular weight is 763 g/mol. The maximum Gasteiger partial charge on any atom is 0.573 e. The molecule has 0 aliphatic carbocycles. The first-order valence-corrected chi connectivity index (χ1v) is 18.4. The number of alkyl halides is 3. The Morgan fingerprint density at radius 3 is 2.29 bits per heavy atom. The summed E-state index contributed by atoms with van der Waals surface area (Å²) in [5, 5.41) is 6.09. The number of amides is 3. The summed E-state index contributed by atoms with van der Waals surface area (Å²) in [7, 11) is 1.50. The molecule has 1 aromatic heterocycles. The van der Waals surface area contributed by atoms with E-state index in [1.54, 1.807) is 17.0 Å². The smallest absolute Gasteiger partial charge is 0.405 e. The van der Waals surface area contributed by atoms with Crippen molar-refractivity contribution in [1.82, 2.24) is 24.6 Å². The molecule has 11 nitrogen and oxygen atoms in total. The molecule has 3 saturated heterocycles. The van der Waals surface area contributed by atoms with Gasteiger partial charge < -0.3 is 19.5 Å². The second-order valence-corrected chi connectivity index (χ2v) is 14.5. The Kier molecular flexibility index (Phi) is 10.9. The van der Waals surface area contributed by atoms with Gasteiger partial charge >= 0.3 is 6.36 Å². The van der Waals surface area contributed by atoms with E-state index in [2.05, 4.69) is 32.4 Å². The Labute approximate surface area is 314 Å². The molecule has 3 amide bonds. The van der Waals surface area contributed by atoms with Crippen LogP contribution >= 0.6 is 0 Å². The van der Waals surface area contributed by atoms with Gasteiger partial charge in [-0.3, -0.25) is 34.3 Å². The van der Waals surface area contributed by atoms with Gasteiger partial charge in [-0.1, -0.05) is 30.3 Å². The van der Waals surface area contributed by atoms with E-state index in [0.717, 1.165) is 37.7 Å². The van der Waals surface area contributed by atoms with Crippen LogP contribution in [0.2, 0.25) is 0 Å². The number of aryl methyl sites for hydroxylation is 1. The first-order chi connectivity index (χ1) is 26.3. The van der Waals surface area contributed by atoms with Gasteiger partial charge in [-0.15, -0.1) is 13.2 Å². The summed E-state index contributed by atoms with van der Waals surface area (Å²) in [5.41, 5.74) is 2.76. The highest BCUT2D eigenvalue weighted by molar-refractivity contribution is 6.01. The van der Waals surface area contributed by atoms with E-state index in [-0.39, 0.29) is 35.4 Å². The van der Waals surface area contributed by atoms with Crippen molar-refractivity contribution < 1.29 is 36.7 Å². The highest BCUT2D eigenvalue weighted by Gasteiger charge is 2.33. The highest BCUT2D eigenvalue weighted by Crippen LogP contribution is 2.35. The minimum absolute atomic E-state index is 0.0248. The van der Waals surface area contributed by atoms with Crippen molar-refractivity contribution in [3.8, 4) is 16.9 Å². The topological polar surface area (TPSA) is 116 Å². The number of hydrogen-bond acceptors (Lipinski definition) is 8. The number of ether oxygens (including phenoxy) is 1. The minimum Gasteiger partial charge on any atom is -0.405 e. The van der Waals surface area contributed by atoms with E-state index < -0.39 is 23.8 Å². The number of aromatic nitrogens is 1. The van der Waals surface area contributed by atoms with E-state index in [0.29, 0.717) is 73.6 Å². The van der Waals surface area contributed by atoms with Crippen LogP contribution in [0.15, 0.2) is 71.7 Å². The number of halogens is 4. The number of carbonyl (C=O) groups excluding carboxylic acids is 3. The molecule has 3 aromatic carbocycles. The fraction of sp³-hybridized carbons (Fsp3) is 0.400. The normalized spacial score (nSPS) is 19.1. The standard InChI is InChI=1S/C40H42F4N6O5/c1-47-23-33(31-9-6-29(41)21-32(31)39(47)54)27-2-3-28(35(20-27)55-40(42,43)44)22-49-16-18-50(19-17-49)37(52)24-48-14-12-26(13-15-48)25-4-7-30(8-5-25)45-34-10-11-36(51)46-38(34)53/h2-9,20-21,23,26,34,45H,10-19,22,24H2,1H3,(H,46,51,53). The lowest BCUT2D eigenvalue weighted by Gasteiger charge is -2.37.